The fourth-order valence-electron chi connectivity index (χ4n) is 3.58. The SMILES string of the molecule is CC(C1CC1)n1nccc1NC(=O)Cn1cnc2c(oc3ccccc32)c1=O. The van der Waals surface area contributed by atoms with Gasteiger partial charge in [-0.2, -0.15) is 5.10 Å². The zero-order chi connectivity index (χ0) is 19.3. The monoisotopic (exact) mass is 377 g/mol. The fourth-order valence-corrected chi connectivity index (χ4v) is 3.58. The van der Waals surface area contributed by atoms with Crippen LogP contribution in [0.5, 0.6) is 0 Å². The van der Waals surface area contributed by atoms with Crippen LogP contribution in [0.4, 0.5) is 5.82 Å². The Bertz CT molecular complexity index is 1250. The fraction of sp³-hybridized carbons (Fsp3) is 0.300. The van der Waals surface area contributed by atoms with Gasteiger partial charge in [-0.25, -0.2) is 9.67 Å². The van der Waals surface area contributed by atoms with Crippen LogP contribution >= 0.6 is 0 Å². The van der Waals surface area contributed by atoms with Crippen molar-refractivity contribution in [2.75, 3.05) is 5.32 Å². The number of hydrogen-bond acceptors (Lipinski definition) is 5. The Morgan fingerprint density at radius 2 is 2.14 bits per heavy atom. The van der Waals surface area contributed by atoms with Gasteiger partial charge in [-0.1, -0.05) is 12.1 Å². The van der Waals surface area contributed by atoms with Crippen LogP contribution < -0.4 is 10.9 Å². The van der Waals surface area contributed by atoms with Gasteiger partial charge in [0.15, 0.2) is 0 Å². The number of hydrogen-bond donors (Lipinski definition) is 1. The van der Waals surface area contributed by atoms with Crippen LogP contribution in [0.2, 0.25) is 0 Å². The van der Waals surface area contributed by atoms with Gasteiger partial charge in [-0.05, 0) is 37.8 Å². The number of anilines is 1. The van der Waals surface area contributed by atoms with Crippen molar-refractivity contribution in [2.24, 2.45) is 5.92 Å². The minimum Gasteiger partial charge on any atom is -0.448 e. The molecule has 0 radical (unpaired) electrons. The van der Waals surface area contributed by atoms with Gasteiger partial charge in [0.25, 0.3) is 5.56 Å². The number of aromatic nitrogens is 4. The predicted molar refractivity (Wildman–Crippen MR) is 104 cm³/mol. The number of nitrogens with one attached hydrogen (secondary N) is 1. The van der Waals surface area contributed by atoms with E-state index in [2.05, 4.69) is 22.3 Å². The third-order valence-corrected chi connectivity index (χ3v) is 5.29. The van der Waals surface area contributed by atoms with Crippen LogP contribution in [0.3, 0.4) is 0 Å². The van der Waals surface area contributed by atoms with Crippen LogP contribution in [-0.4, -0.2) is 25.2 Å². The van der Waals surface area contributed by atoms with Crippen molar-refractivity contribution < 1.29 is 9.21 Å². The molecule has 1 fully saturated rings. The molecule has 8 heteroatoms. The first-order valence-corrected chi connectivity index (χ1v) is 9.32. The highest BCUT2D eigenvalue weighted by Gasteiger charge is 2.30. The molecule has 3 aromatic heterocycles. The molecule has 0 aliphatic heterocycles. The van der Waals surface area contributed by atoms with E-state index in [0.717, 1.165) is 5.39 Å². The van der Waals surface area contributed by atoms with Crippen molar-refractivity contribution in [1.82, 2.24) is 19.3 Å². The number of fused-ring (bicyclic) bond motifs is 3. The number of carbonyl (C=O) groups excluding carboxylic acids is 1. The highest BCUT2D eigenvalue weighted by Crippen LogP contribution is 2.40. The summed E-state index contributed by atoms with van der Waals surface area (Å²) in [6, 6.07) is 9.34. The second kappa shape index (κ2) is 6.33. The van der Waals surface area contributed by atoms with Gasteiger partial charge in [0.05, 0.1) is 18.6 Å². The maximum absolute atomic E-state index is 12.7. The molecule has 1 amide bonds. The van der Waals surface area contributed by atoms with Crippen molar-refractivity contribution in [1.29, 1.82) is 0 Å². The lowest BCUT2D eigenvalue weighted by Crippen LogP contribution is -2.28. The Labute approximate surface area is 159 Å². The molecule has 1 aliphatic carbocycles. The van der Waals surface area contributed by atoms with E-state index in [0.29, 0.717) is 22.8 Å². The normalized spacial score (nSPS) is 15.2. The summed E-state index contributed by atoms with van der Waals surface area (Å²) in [5.74, 6) is 0.928. The Kier molecular flexibility index (Phi) is 3.78. The number of benzene rings is 1. The molecule has 4 aromatic rings. The largest absolute Gasteiger partial charge is 0.448 e. The van der Waals surface area contributed by atoms with Gasteiger partial charge in [0, 0.05) is 11.5 Å². The van der Waals surface area contributed by atoms with E-state index in [-0.39, 0.29) is 29.6 Å². The van der Waals surface area contributed by atoms with Crippen LogP contribution in [0.1, 0.15) is 25.8 Å². The average molecular weight is 377 g/mol. The van der Waals surface area contributed by atoms with Crippen LogP contribution in [0.25, 0.3) is 22.1 Å². The van der Waals surface area contributed by atoms with Crippen molar-refractivity contribution in [2.45, 2.75) is 32.4 Å². The molecule has 1 N–H and O–H groups in total. The number of amides is 1. The summed E-state index contributed by atoms with van der Waals surface area (Å²) in [5, 5.41) is 7.96. The third-order valence-electron chi connectivity index (χ3n) is 5.29. The first-order chi connectivity index (χ1) is 13.6. The summed E-state index contributed by atoms with van der Waals surface area (Å²) in [5.41, 5.74) is 0.885. The molecule has 1 unspecified atom stereocenters. The summed E-state index contributed by atoms with van der Waals surface area (Å²) in [4.78, 5) is 29.6. The lowest BCUT2D eigenvalue weighted by molar-refractivity contribution is -0.116. The van der Waals surface area contributed by atoms with Gasteiger partial charge >= 0.3 is 0 Å². The second-order valence-electron chi connectivity index (χ2n) is 7.24. The van der Waals surface area contributed by atoms with Crippen molar-refractivity contribution >= 4 is 33.8 Å². The lowest BCUT2D eigenvalue weighted by atomic mass is 10.2. The zero-order valence-corrected chi connectivity index (χ0v) is 15.3. The molecule has 0 saturated heterocycles. The standard InChI is InChI=1S/C20H19N5O3/c1-12(13-6-7-13)25-16(8-9-22-25)23-17(26)10-24-11-21-18-14-4-2-3-5-15(14)28-19(18)20(24)27/h2-5,8-9,11-13H,6-7,10H2,1H3,(H,23,26). The second-order valence-corrected chi connectivity index (χ2v) is 7.24. The third kappa shape index (κ3) is 2.77. The van der Waals surface area contributed by atoms with Crippen molar-refractivity contribution in [3.8, 4) is 0 Å². The Morgan fingerprint density at radius 3 is 2.96 bits per heavy atom. The van der Waals surface area contributed by atoms with E-state index in [1.54, 1.807) is 18.3 Å². The topological polar surface area (TPSA) is 95.0 Å². The number of furan rings is 1. The maximum atomic E-state index is 12.7. The number of nitrogens with zero attached hydrogens (tertiary/aromatic N) is 4. The molecule has 28 heavy (non-hydrogen) atoms. The number of rotatable bonds is 5. The van der Waals surface area contributed by atoms with Crippen LogP contribution in [0.15, 0.2) is 52.1 Å². The molecule has 3 heterocycles. The van der Waals surface area contributed by atoms with Crippen LogP contribution in [-0.2, 0) is 11.3 Å². The van der Waals surface area contributed by atoms with Crippen molar-refractivity contribution in [3.05, 3.63) is 53.2 Å². The summed E-state index contributed by atoms with van der Waals surface area (Å²) in [6.07, 6.45) is 5.43. The summed E-state index contributed by atoms with van der Waals surface area (Å²) in [6.45, 7) is 1.95. The van der Waals surface area contributed by atoms with E-state index in [1.807, 2.05) is 22.9 Å². The maximum Gasteiger partial charge on any atom is 0.297 e. The highest BCUT2D eigenvalue weighted by molar-refractivity contribution is 6.01. The molecule has 142 valence electrons. The predicted octanol–water partition coefficient (Wildman–Crippen LogP) is 2.95. The first-order valence-electron chi connectivity index (χ1n) is 9.32. The number of carbonyl (C=O) groups is 1. The van der Waals surface area contributed by atoms with E-state index in [1.165, 1.54) is 23.7 Å². The summed E-state index contributed by atoms with van der Waals surface area (Å²) in [7, 11) is 0. The molecule has 1 aromatic carbocycles. The van der Waals surface area contributed by atoms with Gasteiger partial charge in [0.2, 0.25) is 11.5 Å². The molecule has 0 spiro atoms. The molecule has 0 bridgehead atoms. The number of para-hydroxylation sites is 1. The van der Waals surface area contributed by atoms with Gasteiger partial charge < -0.3 is 9.73 Å². The smallest absolute Gasteiger partial charge is 0.297 e. The van der Waals surface area contributed by atoms with Gasteiger partial charge in [-0.15, -0.1) is 0 Å². The molecule has 1 saturated carbocycles. The lowest BCUT2D eigenvalue weighted by Gasteiger charge is -2.15. The Morgan fingerprint density at radius 1 is 1.32 bits per heavy atom. The minimum absolute atomic E-state index is 0.151. The van der Waals surface area contributed by atoms with Crippen molar-refractivity contribution in [3.63, 3.8) is 0 Å². The molecular formula is C20H19N5O3. The average Bonchev–Trinajstić information content (AvgIpc) is 3.33. The molecular weight excluding hydrogens is 358 g/mol. The minimum atomic E-state index is -0.379. The van der Waals surface area contributed by atoms with E-state index >= 15 is 0 Å². The Hall–Kier alpha value is -3.42. The first kappa shape index (κ1) is 16.7. The molecule has 1 atom stereocenters. The molecule has 5 rings (SSSR count). The molecule has 8 nitrogen and oxygen atoms in total. The zero-order valence-electron chi connectivity index (χ0n) is 15.3. The summed E-state index contributed by atoms with van der Waals surface area (Å²) < 4.78 is 8.74. The van der Waals surface area contributed by atoms with Crippen LogP contribution in [0, 0.1) is 5.92 Å². The Balaban J connectivity index is 1.40. The van der Waals surface area contributed by atoms with E-state index in [4.69, 9.17) is 4.42 Å². The molecule has 1 aliphatic rings. The van der Waals surface area contributed by atoms with E-state index < -0.39 is 0 Å². The quantitative estimate of drug-likeness (QED) is 0.577. The highest BCUT2D eigenvalue weighted by atomic mass is 16.3. The van der Waals surface area contributed by atoms with Gasteiger partial charge in [0.1, 0.15) is 23.5 Å². The summed E-state index contributed by atoms with van der Waals surface area (Å²) >= 11 is 0. The van der Waals surface area contributed by atoms with E-state index in [9.17, 15) is 9.59 Å². The van der Waals surface area contributed by atoms with Gasteiger partial charge in [-0.3, -0.25) is 14.2 Å².